The Labute approximate surface area is 453 Å². The lowest BCUT2D eigenvalue weighted by molar-refractivity contribution is -0.155. The number of likely N-dealkylation sites (N-methyl/N-ethyl adjacent to an activating group) is 1. The molecule has 7 heterocycles. The van der Waals surface area contributed by atoms with Gasteiger partial charge in [0.2, 0.25) is 11.8 Å². The number of fused-ring (bicyclic) bond motifs is 6. The molecule has 4 aliphatic heterocycles. The zero-order valence-electron chi connectivity index (χ0n) is 46.4. The van der Waals surface area contributed by atoms with Crippen LogP contribution in [0.15, 0.2) is 41.9 Å². The lowest BCUT2D eigenvalue weighted by Gasteiger charge is -2.40. The van der Waals surface area contributed by atoms with Gasteiger partial charge in [0.1, 0.15) is 18.1 Å². The van der Waals surface area contributed by atoms with Crippen LogP contribution in [0.5, 0.6) is 0 Å². The summed E-state index contributed by atoms with van der Waals surface area (Å²) in [6.07, 6.45) is 11.7. The molecule has 16 nitrogen and oxygen atoms in total. The van der Waals surface area contributed by atoms with Crippen molar-refractivity contribution in [3.8, 4) is 22.5 Å². The van der Waals surface area contributed by atoms with Gasteiger partial charge in [0, 0.05) is 112 Å². The van der Waals surface area contributed by atoms with Crippen molar-refractivity contribution in [1.29, 1.82) is 0 Å². The number of benzene rings is 1. The fourth-order valence-electron chi connectivity index (χ4n) is 13.4. The number of likely N-dealkylation sites (tertiary alicyclic amines) is 1. The number of rotatable bonds is 17. The predicted octanol–water partition coefficient (Wildman–Crippen LogP) is 7.82. The highest BCUT2D eigenvalue weighted by Crippen LogP contribution is 2.49. The lowest BCUT2D eigenvalue weighted by Crippen LogP contribution is -2.62. The van der Waals surface area contributed by atoms with E-state index in [1.54, 1.807) is 14.2 Å². The van der Waals surface area contributed by atoms with E-state index in [1.165, 1.54) is 29.2 Å². The number of ether oxygens (including phenoxy) is 3. The molecule has 0 radical (unpaired) electrons. The van der Waals surface area contributed by atoms with Crippen LogP contribution in [0.4, 0.5) is 0 Å². The highest BCUT2D eigenvalue weighted by molar-refractivity contribution is 7.10. The number of carbonyl (C=O) groups is 4. The van der Waals surface area contributed by atoms with Crippen LogP contribution < -0.4 is 10.7 Å². The van der Waals surface area contributed by atoms with E-state index in [2.05, 4.69) is 94.3 Å². The van der Waals surface area contributed by atoms with Crippen molar-refractivity contribution in [2.24, 2.45) is 22.7 Å². The zero-order chi connectivity index (χ0) is 53.5. The number of hydrogen-bond acceptors (Lipinski definition) is 13. The minimum atomic E-state index is -0.951. The van der Waals surface area contributed by atoms with Gasteiger partial charge in [-0.1, -0.05) is 46.6 Å². The summed E-state index contributed by atoms with van der Waals surface area (Å²) in [7, 11) is 3.44. The fraction of sp³-hybridized carbons (Fsp3) is 0.661. The van der Waals surface area contributed by atoms with Crippen molar-refractivity contribution in [1.82, 2.24) is 45.0 Å². The van der Waals surface area contributed by atoms with Crippen LogP contribution in [-0.4, -0.2) is 155 Å². The van der Waals surface area contributed by atoms with Crippen LogP contribution in [-0.2, 0) is 52.8 Å². The molecule has 8 atom stereocenters. The van der Waals surface area contributed by atoms with Gasteiger partial charge in [-0.25, -0.2) is 10.4 Å². The second-order valence-corrected chi connectivity index (χ2v) is 24.9. The van der Waals surface area contributed by atoms with Crippen LogP contribution in [0.1, 0.15) is 128 Å². The quantitative estimate of drug-likeness (QED) is 0.0600. The van der Waals surface area contributed by atoms with Crippen molar-refractivity contribution < 1.29 is 33.4 Å². The predicted molar refractivity (Wildman–Crippen MR) is 295 cm³/mol. The maximum atomic E-state index is 15.3. The van der Waals surface area contributed by atoms with Crippen molar-refractivity contribution in [3.05, 3.63) is 58.2 Å². The molecule has 0 spiro atoms. The van der Waals surface area contributed by atoms with E-state index in [1.807, 2.05) is 19.2 Å². The van der Waals surface area contributed by atoms with Crippen LogP contribution in [0.2, 0.25) is 0 Å². The molecule has 3 saturated heterocycles. The van der Waals surface area contributed by atoms with E-state index in [0.717, 1.165) is 108 Å². The lowest BCUT2D eigenvalue weighted by atomic mass is 9.84. The summed E-state index contributed by atoms with van der Waals surface area (Å²) in [6.45, 7) is 18.4. The molecule has 17 heteroatoms. The highest BCUT2D eigenvalue weighted by atomic mass is 32.1. The Bertz CT molecular complexity index is 2750. The summed E-state index contributed by atoms with van der Waals surface area (Å²) in [5.41, 5.74) is 9.47. The summed E-state index contributed by atoms with van der Waals surface area (Å²) in [5, 5.41) is 8.76. The molecule has 2 N–H and O–H groups in total. The number of amides is 3. The number of cyclic esters (lactones) is 1. The van der Waals surface area contributed by atoms with Gasteiger partial charge >= 0.3 is 5.97 Å². The normalized spacial score (nSPS) is 26.9. The summed E-state index contributed by atoms with van der Waals surface area (Å²) in [5.74, 6) is 0.159. The number of aryl methyl sites for hydroxylation is 1. The highest BCUT2D eigenvalue weighted by Gasteiger charge is 2.60. The van der Waals surface area contributed by atoms with Gasteiger partial charge in [0.05, 0.1) is 40.8 Å². The molecule has 1 aromatic carbocycles. The van der Waals surface area contributed by atoms with E-state index in [0.29, 0.717) is 64.0 Å². The molecule has 3 amide bonds. The van der Waals surface area contributed by atoms with E-state index < -0.39 is 29.5 Å². The van der Waals surface area contributed by atoms with E-state index in [9.17, 15) is 9.59 Å². The Morgan fingerprint density at radius 2 is 1.84 bits per heavy atom. The number of nitrogens with one attached hydrogen (secondary N) is 2. The van der Waals surface area contributed by atoms with Crippen LogP contribution >= 0.6 is 11.3 Å². The first-order chi connectivity index (χ1) is 36.6. The van der Waals surface area contributed by atoms with Gasteiger partial charge in [-0.15, -0.1) is 11.3 Å². The number of esters is 1. The maximum Gasteiger partial charge on any atom is 0.324 e. The van der Waals surface area contributed by atoms with E-state index >= 15 is 9.59 Å². The standard InChI is InChI=1S/C59H83N9O7S/c1-9-64(34-59(6)24-28-65(35-59)56(71)53-50(39-20-21-39)67(53)26-15-29-73-7)51(38-16-11-12-17-38)54(69)62-45-31-48-61-46(33-76-48)40-22-23-47-42(30-40)43(52(66(47)10-2)41-18-13-25-60-49(41)37(3)74-8)32-58(4,5)36-75-57(72)44-19-14-27-68(63-44)55(45)70/h13,18,22-23,25,30,33,37-39,44-45,50-51,53,63H,9-12,14-17,19-21,24,26-29,31-32,34-36H2,1-8H3,(H,62,69)/t37-,44-,45-,50+,51-,53+,59-,67?/m0/s1. The average Bonchev–Trinajstić information content (AvgIpc) is 4.14. The van der Waals surface area contributed by atoms with Crippen LogP contribution in [0.25, 0.3) is 33.4 Å². The number of nitrogens with zero attached hydrogens (tertiary/aromatic N) is 7. The molecule has 5 fully saturated rings. The van der Waals surface area contributed by atoms with Crippen LogP contribution in [0, 0.1) is 22.7 Å². The van der Waals surface area contributed by atoms with E-state index in [-0.39, 0.29) is 54.2 Å². The molecule has 1 unspecified atom stereocenters. The number of aromatic nitrogens is 3. The topological polar surface area (TPSA) is 163 Å². The van der Waals surface area contributed by atoms with E-state index in [4.69, 9.17) is 24.2 Å². The Morgan fingerprint density at radius 1 is 1.04 bits per heavy atom. The molecule has 3 aromatic heterocycles. The first kappa shape index (κ1) is 54.6. The maximum absolute atomic E-state index is 15.3. The number of thiazole rings is 1. The molecule has 2 aliphatic carbocycles. The summed E-state index contributed by atoms with van der Waals surface area (Å²) >= 11 is 1.49. The van der Waals surface area contributed by atoms with Gasteiger partial charge in [0.25, 0.3) is 5.91 Å². The van der Waals surface area contributed by atoms with Crippen molar-refractivity contribution in [2.75, 3.05) is 66.7 Å². The molecule has 6 aliphatic rings. The van der Waals surface area contributed by atoms with Crippen LogP contribution in [0.3, 0.4) is 0 Å². The SMILES string of the molecule is CCN(C[C@]1(C)CCN(C(=O)[C@H]2[C@@H](C3CC3)N2CCCOC)C1)[C@H](C(=O)N[C@H]1Cc2nc(cs2)-c2ccc3c(c2)c(c(-c2cccnc2[C@H](C)OC)n3CC)CC(C)(C)COC(=O)[C@@H]2CCCN(N2)C1=O)C1CCCC1. The Balaban J connectivity index is 0.944. The number of methoxy groups -OCH3 is 2. The van der Waals surface area contributed by atoms with Gasteiger partial charge in [-0.05, 0) is 125 Å². The molecule has 2 saturated carbocycles. The third-order valence-corrected chi connectivity index (χ3v) is 18.5. The Morgan fingerprint density at radius 3 is 2.58 bits per heavy atom. The third-order valence-electron chi connectivity index (χ3n) is 17.6. The molecule has 4 aromatic rings. The van der Waals surface area contributed by atoms with Gasteiger partial charge < -0.3 is 29.0 Å². The monoisotopic (exact) mass is 1060 g/mol. The average molecular weight is 1060 g/mol. The van der Waals surface area contributed by atoms with Gasteiger partial charge in [0.15, 0.2) is 0 Å². The van der Waals surface area contributed by atoms with Crippen molar-refractivity contribution >= 4 is 45.9 Å². The minimum absolute atomic E-state index is 0.0294. The summed E-state index contributed by atoms with van der Waals surface area (Å²) < 4.78 is 19.8. The van der Waals surface area contributed by atoms with Gasteiger partial charge in [-0.3, -0.25) is 39.0 Å². The third kappa shape index (κ3) is 11.4. The molecular formula is C59H83N9O7S. The largest absolute Gasteiger partial charge is 0.464 e. The van der Waals surface area contributed by atoms with Gasteiger partial charge in [-0.2, -0.15) is 0 Å². The van der Waals surface area contributed by atoms with Crippen molar-refractivity contribution in [3.63, 3.8) is 0 Å². The molecule has 412 valence electrons. The smallest absolute Gasteiger partial charge is 0.324 e. The second-order valence-electron chi connectivity index (χ2n) is 24.0. The minimum Gasteiger partial charge on any atom is -0.464 e. The zero-order valence-corrected chi connectivity index (χ0v) is 47.2. The number of pyridine rings is 1. The Hall–Kier alpha value is -4.78. The summed E-state index contributed by atoms with van der Waals surface area (Å²) in [6, 6.07) is 8.81. The number of hydrazine groups is 1. The second kappa shape index (κ2) is 22.9. The number of hydrogen-bond donors (Lipinski definition) is 2. The Kier molecular flexibility index (Phi) is 16.4. The first-order valence-electron chi connectivity index (χ1n) is 28.5. The molecular weight excluding hydrogens is 979 g/mol. The van der Waals surface area contributed by atoms with Crippen molar-refractivity contribution in [2.45, 2.75) is 161 Å². The fourth-order valence-corrected chi connectivity index (χ4v) is 14.3. The molecule has 6 bridgehead atoms. The first-order valence-corrected chi connectivity index (χ1v) is 29.4. The number of carbonyl (C=O) groups excluding carboxylic acids is 4. The summed E-state index contributed by atoms with van der Waals surface area (Å²) in [4.78, 5) is 75.7. The molecule has 10 rings (SSSR count). The molecule has 76 heavy (non-hydrogen) atoms.